The van der Waals surface area contributed by atoms with Crippen molar-refractivity contribution in [2.75, 3.05) is 5.73 Å². The number of nitrogens with one attached hydrogen (secondary N) is 1. The number of hydrogen-bond donors (Lipinski definition) is 2. The lowest BCUT2D eigenvalue weighted by molar-refractivity contribution is 0.358. The Morgan fingerprint density at radius 3 is 2.70 bits per heavy atom. The van der Waals surface area contributed by atoms with Gasteiger partial charge in [-0.05, 0) is 73.6 Å². The van der Waals surface area contributed by atoms with Crippen molar-refractivity contribution >= 4 is 45.4 Å². The molecule has 3 N–H and O–H groups in total. The number of thiazole rings is 1. The van der Waals surface area contributed by atoms with Crippen molar-refractivity contribution in [3.8, 4) is 21.8 Å². The number of pyridine rings is 1. The number of hydrogen-bond acceptors (Lipinski definition) is 7. The zero-order valence-electron chi connectivity index (χ0n) is 18.1. The maximum absolute atomic E-state index is 6.55. The van der Waals surface area contributed by atoms with E-state index < -0.39 is 0 Å². The molecule has 4 aromatic heterocycles. The summed E-state index contributed by atoms with van der Waals surface area (Å²) < 4.78 is 2.81. The fourth-order valence-corrected chi connectivity index (χ4v) is 7.66. The van der Waals surface area contributed by atoms with Crippen molar-refractivity contribution < 1.29 is 0 Å². The lowest BCUT2D eigenvalue weighted by Crippen LogP contribution is -2.37. The van der Waals surface area contributed by atoms with Gasteiger partial charge in [0.2, 0.25) is 0 Å². The first kappa shape index (κ1) is 20.3. The molecule has 3 aliphatic rings. The molecule has 2 bridgehead atoms. The number of rotatable bonds is 3. The molecule has 0 aromatic carbocycles. The number of halogens is 1. The monoisotopic (exact) mass is 569 g/mol. The van der Waals surface area contributed by atoms with Gasteiger partial charge in [-0.1, -0.05) is 6.07 Å². The number of aromatic nitrogens is 5. The van der Waals surface area contributed by atoms with Crippen LogP contribution >= 0.6 is 33.9 Å². The maximum Gasteiger partial charge on any atom is 0.165 e. The Kier molecular flexibility index (Phi) is 4.74. The van der Waals surface area contributed by atoms with Gasteiger partial charge in [-0.15, -0.1) is 11.3 Å². The second-order valence-electron chi connectivity index (χ2n) is 9.47. The number of nitrogens with zero attached hydrogens (tertiary/aromatic N) is 5. The molecule has 2 fully saturated rings. The summed E-state index contributed by atoms with van der Waals surface area (Å²) in [6.07, 6.45) is 12.1. The summed E-state index contributed by atoms with van der Waals surface area (Å²) in [6, 6.07) is 5.38. The molecular formula is C24H24IN7S. The molecule has 7 nitrogen and oxygen atoms in total. The van der Waals surface area contributed by atoms with Gasteiger partial charge in [0, 0.05) is 40.2 Å². The van der Waals surface area contributed by atoms with E-state index in [2.05, 4.69) is 45.1 Å². The number of aryl methyl sites for hydroxylation is 2. The summed E-state index contributed by atoms with van der Waals surface area (Å²) >= 11 is 4.13. The van der Waals surface area contributed by atoms with Gasteiger partial charge in [-0.2, -0.15) is 9.61 Å². The van der Waals surface area contributed by atoms with Crippen molar-refractivity contribution in [3.63, 3.8) is 0 Å². The van der Waals surface area contributed by atoms with Crippen LogP contribution in [0, 0.1) is 3.57 Å². The molecule has 2 unspecified atom stereocenters. The maximum atomic E-state index is 6.55. The zero-order valence-corrected chi connectivity index (χ0v) is 21.1. The predicted octanol–water partition coefficient (Wildman–Crippen LogP) is 4.59. The van der Waals surface area contributed by atoms with Crippen molar-refractivity contribution in [3.05, 3.63) is 44.4 Å². The van der Waals surface area contributed by atoms with Crippen molar-refractivity contribution in [1.82, 2.24) is 29.9 Å². The summed E-state index contributed by atoms with van der Waals surface area (Å²) in [4.78, 5) is 16.1. The first-order valence-electron chi connectivity index (χ1n) is 11.7. The predicted molar refractivity (Wildman–Crippen MR) is 138 cm³/mol. The van der Waals surface area contributed by atoms with Crippen LogP contribution in [-0.4, -0.2) is 36.6 Å². The van der Waals surface area contributed by atoms with E-state index in [1.807, 2.05) is 12.4 Å². The van der Waals surface area contributed by atoms with Crippen LogP contribution < -0.4 is 11.1 Å². The van der Waals surface area contributed by atoms with Crippen molar-refractivity contribution in [1.29, 1.82) is 0 Å². The minimum Gasteiger partial charge on any atom is -0.383 e. The smallest absolute Gasteiger partial charge is 0.165 e. The molecule has 0 radical (unpaired) electrons. The molecule has 2 saturated heterocycles. The number of nitrogen functional groups attached to an aromatic ring is 1. The summed E-state index contributed by atoms with van der Waals surface area (Å²) in [7, 11) is 0. The summed E-state index contributed by atoms with van der Waals surface area (Å²) in [5, 5.41) is 9.32. The van der Waals surface area contributed by atoms with E-state index in [1.165, 1.54) is 29.8 Å². The average Bonchev–Trinajstić information content (AvgIpc) is 3.59. The number of anilines is 1. The Bertz CT molecular complexity index is 1340. The Hall–Kier alpha value is -2.11. The van der Waals surface area contributed by atoms with Crippen LogP contribution in [0.15, 0.2) is 24.5 Å². The topological polar surface area (TPSA) is 94.0 Å². The minimum absolute atomic E-state index is 0.443. The highest BCUT2D eigenvalue weighted by atomic mass is 127. The molecule has 1 aliphatic carbocycles. The van der Waals surface area contributed by atoms with Crippen LogP contribution in [-0.2, 0) is 12.8 Å². The van der Waals surface area contributed by atoms with Crippen LogP contribution in [0.5, 0.6) is 0 Å². The Balaban J connectivity index is 1.26. The largest absolute Gasteiger partial charge is 0.383 e. The molecule has 9 heteroatoms. The van der Waals surface area contributed by atoms with E-state index in [9.17, 15) is 0 Å². The standard InChI is InChI=1S/C24H24IN7S/c25-20-21(13-8-14-5-6-15(9-13)29-14)31-23-16(11-28-32(23)22(20)26)12-4-7-18(27-10-12)24-30-17-2-1-3-19(17)33-24/h4,7,10-11,13-15,29H,1-3,5-6,8-9,26H2/t13?,14-,15?/m1/s1. The second-order valence-corrected chi connectivity index (χ2v) is 11.6. The molecule has 7 rings (SSSR count). The van der Waals surface area contributed by atoms with Gasteiger partial charge >= 0.3 is 0 Å². The highest BCUT2D eigenvalue weighted by Gasteiger charge is 2.36. The molecular weight excluding hydrogens is 545 g/mol. The van der Waals surface area contributed by atoms with Gasteiger partial charge in [0.15, 0.2) is 5.65 Å². The van der Waals surface area contributed by atoms with Crippen LogP contribution in [0.25, 0.3) is 27.5 Å². The third kappa shape index (κ3) is 3.30. The van der Waals surface area contributed by atoms with Crippen LogP contribution in [0.4, 0.5) is 5.82 Å². The van der Waals surface area contributed by atoms with E-state index in [0.29, 0.717) is 23.8 Å². The Labute approximate surface area is 209 Å². The molecule has 168 valence electrons. The van der Waals surface area contributed by atoms with E-state index >= 15 is 0 Å². The third-order valence-corrected chi connectivity index (χ3v) is 9.68. The van der Waals surface area contributed by atoms with Gasteiger partial charge in [0.05, 0.1) is 26.8 Å². The fourth-order valence-electron chi connectivity index (χ4n) is 5.75. The third-order valence-electron chi connectivity index (χ3n) is 7.40. The average molecular weight is 569 g/mol. The van der Waals surface area contributed by atoms with Crippen LogP contribution in [0.1, 0.15) is 54.3 Å². The summed E-state index contributed by atoms with van der Waals surface area (Å²) in [6.45, 7) is 0. The highest BCUT2D eigenvalue weighted by molar-refractivity contribution is 14.1. The number of nitrogens with two attached hydrogens (primary N) is 1. The highest BCUT2D eigenvalue weighted by Crippen LogP contribution is 2.40. The van der Waals surface area contributed by atoms with Crippen LogP contribution in [0.2, 0.25) is 0 Å². The summed E-state index contributed by atoms with van der Waals surface area (Å²) in [5.74, 6) is 1.12. The normalized spacial score (nSPS) is 24.0. The molecule has 4 aromatic rings. The Morgan fingerprint density at radius 1 is 1.09 bits per heavy atom. The molecule has 0 amide bonds. The van der Waals surface area contributed by atoms with E-state index in [0.717, 1.165) is 62.4 Å². The van der Waals surface area contributed by atoms with Gasteiger partial charge in [0.25, 0.3) is 0 Å². The quantitative estimate of drug-likeness (QED) is 0.351. The van der Waals surface area contributed by atoms with E-state index in [1.54, 1.807) is 15.9 Å². The molecule has 0 saturated carbocycles. The number of fused-ring (bicyclic) bond motifs is 4. The molecule has 0 spiro atoms. The second kappa shape index (κ2) is 7.71. The fraction of sp³-hybridized carbons (Fsp3) is 0.417. The minimum atomic E-state index is 0.443. The lowest BCUT2D eigenvalue weighted by atomic mass is 9.89. The van der Waals surface area contributed by atoms with Crippen molar-refractivity contribution in [2.45, 2.75) is 62.9 Å². The Morgan fingerprint density at radius 2 is 1.94 bits per heavy atom. The van der Waals surface area contributed by atoms with E-state index in [-0.39, 0.29) is 0 Å². The molecule has 2 aliphatic heterocycles. The zero-order chi connectivity index (χ0) is 22.1. The van der Waals surface area contributed by atoms with Gasteiger partial charge < -0.3 is 11.1 Å². The van der Waals surface area contributed by atoms with E-state index in [4.69, 9.17) is 20.7 Å². The van der Waals surface area contributed by atoms with Crippen molar-refractivity contribution in [2.24, 2.45) is 0 Å². The van der Waals surface area contributed by atoms with Gasteiger partial charge in [-0.25, -0.2) is 9.97 Å². The van der Waals surface area contributed by atoms with Gasteiger partial charge in [0.1, 0.15) is 10.8 Å². The molecule has 33 heavy (non-hydrogen) atoms. The SMILES string of the molecule is Nc1c(I)c(C2CC3CC[C@H](C2)N3)nc2c(-c3ccc(-c4nc5c(s4)CCC5)nc3)cnn12. The number of piperidine rings is 1. The first-order chi connectivity index (χ1) is 16.1. The molecule has 6 heterocycles. The van der Waals surface area contributed by atoms with Gasteiger partial charge in [-0.3, -0.25) is 4.98 Å². The summed E-state index contributed by atoms with van der Waals surface area (Å²) in [5.41, 5.74) is 12.7. The molecule has 3 atom stereocenters. The first-order valence-corrected chi connectivity index (χ1v) is 13.6. The van der Waals surface area contributed by atoms with Crippen LogP contribution in [0.3, 0.4) is 0 Å². The lowest BCUT2D eigenvalue weighted by Gasteiger charge is -2.29.